The maximum absolute atomic E-state index is 11.1. The van der Waals surface area contributed by atoms with Gasteiger partial charge in [-0.15, -0.1) is 6.10 Å². The molecule has 2 nitrogen and oxygen atoms in total. The van der Waals surface area contributed by atoms with E-state index in [0.29, 0.717) is 12.1 Å². The van der Waals surface area contributed by atoms with Crippen molar-refractivity contribution in [2.45, 2.75) is 43.9 Å². The molecule has 0 aromatic heterocycles. The molecule has 2 aliphatic heterocycles. The maximum Gasteiger partial charge on any atom is 1.00 e. The number of fused-ring (bicyclic) bond motifs is 2. The summed E-state index contributed by atoms with van der Waals surface area (Å²) in [6.45, 7) is 0. The summed E-state index contributed by atoms with van der Waals surface area (Å²) < 4.78 is 0. The third kappa shape index (κ3) is 2.26. The van der Waals surface area contributed by atoms with Crippen molar-refractivity contribution < 1.29 is 74.0 Å². The van der Waals surface area contributed by atoms with Crippen molar-refractivity contribution >= 4 is 0 Å². The van der Waals surface area contributed by atoms with Gasteiger partial charge in [-0.05, 0) is 19.9 Å². The molecule has 2 bridgehead atoms. The van der Waals surface area contributed by atoms with Crippen LogP contribution >= 0.6 is 0 Å². The van der Waals surface area contributed by atoms with Crippen LogP contribution in [0.5, 0.6) is 0 Å². The van der Waals surface area contributed by atoms with Crippen molar-refractivity contribution in [3.63, 3.8) is 0 Å². The summed E-state index contributed by atoms with van der Waals surface area (Å²) in [5.74, 6) is 0. The molecule has 0 radical (unpaired) electrons. The van der Waals surface area contributed by atoms with Gasteiger partial charge in [0.05, 0.1) is 0 Å². The normalized spacial score (nSPS) is 43.6. The van der Waals surface area contributed by atoms with E-state index in [0.717, 1.165) is 12.8 Å². The van der Waals surface area contributed by atoms with Crippen LogP contribution in [0.4, 0.5) is 0 Å². The van der Waals surface area contributed by atoms with E-state index < -0.39 is 0 Å². The van der Waals surface area contributed by atoms with Crippen molar-refractivity contribution in [2.75, 3.05) is 7.05 Å². The SMILES string of the molecule is CN1C2CCC1CC([O-])C2.[Cs+]. The molecule has 11 heavy (non-hydrogen) atoms. The van der Waals surface area contributed by atoms with E-state index in [2.05, 4.69) is 11.9 Å². The second kappa shape index (κ2) is 4.46. The first kappa shape index (κ1) is 11.0. The van der Waals surface area contributed by atoms with Crippen molar-refractivity contribution in [1.82, 2.24) is 4.90 Å². The molecule has 0 amide bonds. The monoisotopic (exact) mass is 273 g/mol. The van der Waals surface area contributed by atoms with E-state index >= 15 is 0 Å². The summed E-state index contributed by atoms with van der Waals surface area (Å²) in [5.41, 5.74) is 0. The molecule has 0 saturated carbocycles. The fraction of sp³-hybridized carbons (Fsp3) is 1.00. The second-order valence-electron chi connectivity index (χ2n) is 3.64. The molecule has 2 fully saturated rings. The summed E-state index contributed by atoms with van der Waals surface area (Å²) >= 11 is 0. The average molecular weight is 273 g/mol. The summed E-state index contributed by atoms with van der Waals surface area (Å²) in [4.78, 5) is 2.40. The Morgan fingerprint density at radius 2 is 1.64 bits per heavy atom. The van der Waals surface area contributed by atoms with Crippen LogP contribution in [0.2, 0.25) is 0 Å². The van der Waals surface area contributed by atoms with Crippen LogP contribution in [0.25, 0.3) is 0 Å². The first-order valence-electron chi connectivity index (χ1n) is 4.15. The largest absolute Gasteiger partial charge is 1.00 e. The molecule has 2 rings (SSSR count). The van der Waals surface area contributed by atoms with E-state index in [1.54, 1.807) is 0 Å². The third-order valence-corrected chi connectivity index (χ3v) is 3.05. The first-order valence-corrected chi connectivity index (χ1v) is 4.15. The fourth-order valence-electron chi connectivity index (χ4n) is 2.36. The van der Waals surface area contributed by atoms with Gasteiger partial charge in [0.25, 0.3) is 0 Å². The van der Waals surface area contributed by atoms with E-state index in [-0.39, 0.29) is 75.0 Å². The standard InChI is InChI=1S/C8H14NO.Cs/c1-9-6-2-3-7(9)5-8(10)4-6;/h6-8H,2-5H2,1H3;/q-1;+1. The molecule has 2 saturated heterocycles. The molecule has 0 aromatic rings. The zero-order valence-corrected chi connectivity index (χ0v) is 13.7. The smallest absolute Gasteiger partial charge is 0.852 e. The Morgan fingerprint density at radius 3 is 2.09 bits per heavy atom. The molecule has 0 aromatic carbocycles. The fourth-order valence-corrected chi connectivity index (χ4v) is 2.36. The molecular formula is C8H14CsNO. The third-order valence-electron chi connectivity index (χ3n) is 3.05. The Kier molecular flexibility index (Phi) is 4.48. The van der Waals surface area contributed by atoms with E-state index in [4.69, 9.17) is 0 Å². The van der Waals surface area contributed by atoms with Crippen molar-refractivity contribution in [1.29, 1.82) is 0 Å². The number of piperidine rings is 1. The van der Waals surface area contributed by atoms with Crippen molar-refractivity contribution in [3.05, 3.63) is 0 Å². The van der Waals surface area contributed by atoms with E-state index in [9.17, 15) is 5.11 Å². The van der Waals surface area contributed by atoms with Gasteiger partial charge >= 0.3 is 68.9 Å². The van der Waals surface area contributed by atoms with Crippen LogP contribution < -0.4 is 74.0 Å². The van der Waals surface area contributed by atoms with Gasteiger partial charge in [0.15, 0.2) is 0 Å². The number of nitrogens with zero attached hydrogens (tertiary/aromatic N) is 1. The molecule has 0 spiro atoms. The minimum atomic E-state index is -0.256. The minimum Gasteiger partial charge on any atom is -0.852 e. The number of hydrogen-bond acceptors (Lipinski definition) is 2. The molecule has 2 aliphatic rings. The molecule has 58 valence electrons. The molecule has 2 heterocycles. The Hall–Kier alpha value is 1.97. The van der Waals surface area contributed by atoms with Crippen LogP contribution in [0, 0.1) is 0 Å². The quantitative estimate of drug-likeness (QED) is 0.469. The van der Waals surface area contributed by atoms with Crippen LogP contribution in [0.3, 0.4) is 0 Å². The number of hydrogen-bond donors (Lipinski definition) is 0. The molecular weight excluding hydrogens is 259 g/mol. The van der Waals surface area contributed by atoms with Crippen LogP contribution in [0.15, 0.2) is 0 Å². The van der Waals surface area contributed by atoms with Crippen LogP contribution in [-0.2, 0) is 0 Å². The van der Waals surface area contributed by atoms with Gasteiger partial charge in [-0.2, -0.15) is 0 Å². The van der Waals surface area contributed by atoms with Gasteiger partial charge in [-0.1, -0.05) is 12.8 Å². The Balaban J connectivity index is 0.000000605. The van der Waals surface area contributed by atoms with Gasteiger partial charge in [0, 0.05) is 12.1 Å². The molecule has 0 N–H and O–H groups in total. The first-order chi connectivity index (χ1) is 4.77. The molecule has 2 atom stereocenters. The van der Waals surface area contributed by atoms with Gasteiger partial charge in [0.1, 0.15) is 0 Å². The molecule has 3 heteroatoms. The van der Waals surface area contributed by atoms with Gasteiger partial charge < -0.3 is 10.0 Å². The second-order valence-corrected chi connectivity index (χ2v) is 3.64. The Labute approximate surface area is 127 Å². The zero-order chi connectivity index (χ0) is 7.14. The predicted molar refractivity (Wildman–Crippen MR) is 37.6 cm³/mol. The average Bonchev–Trinajstić information content (AvgIpc) is 2.20. The summed E-state index contributed by atoms with van der Waals surface area (Å²) in [7, 11) is 2.16. The van der Waals surface area contributed by atoms with Gasteiger partial charge in [0.2, 0.25) is 0 Å². The van der Waals surface area contributed by atoms with Gasteiger partial charge in [-0.3, -0.25) is 0 Å². The van der Waals surface area contributed by atoms with Gasteiger partial charge in [-0.25, -0.2) is 0 Å². The van der Waals surface area contributed by atoms with Crippen LogP contribution in [0.1, 0.15) is 25.7 Å². The number of rotatable bonds is 0. The Bertz CT molecular complexity index is 128. The molecule has 2 unspecified atom stereocenters. The Morgan fingerprint density at radius 1 is 1.18 bits per heavy atom. The van der Waals surface area contributed by atoms with Crippen molar-refractivity contribution in [2.24, 2.45) is 0 Å². The predicted octanol–water partition coefficient (Wildman–Crippen LogP) is -3.02. The van der Waals surface area contributed by atoms with Crippen molar-refractivity contribution in [3.8, 4) is 0 Å². The topological polar surface area (TPSA) is 26.3 Å². The van der Waals surface area contributed by atoms with E-state index in [1.807, 2.05) is 0 Å². The van der Waals surface area contributed by atoms with E-state index in [1.165, 1.54) is 12.8 Å². The summed E-state index contributed by atoms with van der Waals surface area (Å²) in [6.07, 6.45) is 4.06. The minimum absolute atomic E-state index is 0. The summed E-state index contributed by atoms with van der Waals surface area (Å²) in [5, 5.41) is 11.1. The maximum atomic E-state index is 11.1. The van der Waals surface area contributed by atoms with Crippen LogP contribution in [-0.4, -0.2) is 30.1 Å². The molecule has 0 aliphatic carbocycles. The summed E-state index contributed by atoms with van der Waals surface area (Å²) in [6, 6.07) is 1.25. The zero-order valence-electron chi connectivity index (χ0n) is 7.42.